The lowest BCUT2D eigenvalue weighted by Crippen LogP contribution is -2.35. The van der Waals surface area contributed by atoms with E-state index in [2.05, 4.69) is 15.6 Å². The summed E-state index contributed by atoms with van der Waals surface area (Å²) in [6, 6.07) is 8.81. The lowest BCUT2D eigenvalue weighted by Gasteiger charge is -2.34. The average Bonchev–Trinajstić information content (AvgIpc) is 2.67. The Morgan fingerprint density at radius 3 is 2.70 bits per heavy atom. The molecule has 2 aliphatic rings. The van der Waals surface area contributed by atoms with Crippen LogP contribution in [0.4, 0.5) is 5.82 Å². The lowest BCUT2D eigenvalue weighted by atomic mass is 9.75. The fraction of sp³-hybridized carbons (Fsp3) is 0.261. The van der Waals surface area contributed by atoms with Crippen LogP contribution < -0.4 is 10.6 Å². The maximum Gasteiger partial charge on any atom is 0.255 e. The summed E-state index contributed by atoms with van der Waals surface area (Å²) in [5.74, 6) is -0.398. The maximum atomic E-state index is 13.4. The van der Waals surface area contributed by atoms with Gasteiger partial charge in [-0.05, 0) is 62.1 Å². The van der Waals surface area contributed by atoms with E-state index in [-0.39, 0.29) is 11.7 Å². The highest BCUT2D eigenvalue weighted by Gasteiger charge is 2.39. The molecule has 0 bridgehead atoms. The molecule has 0 radical (unpaired) electrons. The largest absolute Gasteiger partial charge is 0.362 e. The molecule has 1 aliphatic carbocycles. The standard InChI is InChI=1S/C23H21Cl2N3O2/c1-12-8-9-26-19(10-12)28-23(30)20-13(2)27-17-4-3-5-18(29)22(17)21(20)15-7-6-14(24)11-16(15)25/h6-11,21,27H,3-5H2,1-2H3,(H,26,28,30). The summed E-state index contributed by atoms with van der Waals surface area (Å²) >= 11 is 12.6. The third-order valence-corrected chi connectivity index (χ3v) is 6.01. The van der Waals surface area contributed by atoms with Gasteiger partial charge >= 0.3 is 0 Å². The van der Waals surface area contributed by atoms with Gasteiger partial charge in [0.1, 0.15) is 5.82 Å². The van der Waals surface area contributed by atoms with Crippen molar-refractivity contribution in [2.45, 2.75) is 39.0 Å². The summed E-state index contributed by atoms with van der Waals surface area (Å²) in [5.41, 5.74) is 4.30. The average molecular weight is 442 g/mol. The molecule has 1 unspecified atom stereocenters. The van der Waals surface area contributed by atoms with E-state index in [0.29, 0.717) is 44.7 Å². The van der Waals surface area contributed by atoms with Crippen LogP contribution in [0, 0.1) is 6.92 Å². The van der Waals surface area contributed by atoms with Gasteiger partial charge in [-0.1, -0.05) is 29.3 Å². The molecule has 0 saturated heterocycles. The number of anilines is 1. The first-order valence-electron chi connectivity index (χ1n) is 9.78. The SMILES string of the molecule is CC1=C(C(=O)Nc2cc(C)ccn2)C(c2ccc(Cl)cc2Cl)C2=C(CCCC2=O)N1. The van der Waals surface area contributed by atoms with Gasteiger partial charge in [-0.2, -0.15) is 0 Å². The Labute approximate surface area is 185 Å². The Hall–Kier alpha value is -2.63. The van der Waals surface area contributed by atoms with Crippen LogP contribution in [-0.2, 0) is 9.59 Å². The Kier molecular flexibility index (Phi) is 5.67. The molecule has 0 saturated carbocycles. The Morgan fingerprint density at radius 1 is 1.17 bits per heavy atom. The number of amides is 1. The van der Waals surface area contributed by atoms with Crippen LogP contribution in [-0.4, -0.2) is 16.7 Å². The molecule has 1 aromatic heterocycles. The summed E-state index contributed by atoms with van der Waals surface area (Å²) < 4.78 is 0. The van der Waals surface area contributed by atoms with Crippen molar-refractivity contribution in [2.24, 2.45) is 0 Å². The van der Waals surface area contributed by atoms with Crippen LogP contribution in [0.15, 0.2) is 59.1 Å². The topological polar surface area (TPSA) is 71.1 Å². The first-order valence-corrected chi connectivity index (χ1v) is 10.5. The number of aryl methyl sites for hydroxylation is 1. The van der Waals surface area contributed by atoms with E-state index >= 15 is 0 Å². The maximum absolute atomic E-state index is 13.4. The molecule has 2 N–H and O–H groups in total. The highest BCUT2D eigenvalue weighted by atomic mass is 35.5. The second-order valence-corrected chi connectivity index (χ2v) is 8.45. The zero-order valence-electron chi connectivity index (χ0n) is 16.7. The summed E-state index contributed by atoms with van der Waals surface area (Å²) in [6.07, 6.45) is 3.64. The van der Waals surface area contributed by atoms with E-state index in [9.17, 15) is 9.59 Å². The number of pyridine rings is 1. The van der Waals surface area contributed by atoms with Crippen molar-refractivity contribution in [3.63, 3.8) is 0 Å². The fourth-order valence-electron chi connectivity index (χ4n) is 4.12. The number of rotatable bonds is 3. The number of nitrogens with one attached hydrogen (secondary N) is 2. The van der Waals surface area contributed by atoms with Crippen LogP contribution >= 0.6 is 23.2 Å². The molecular weight excluding hydrogens is 421 g/mol. The second kappa shape index (κ2) is 8.25. The molecule has 2 heterocycles. The Bertz CT molecular complexity index is 1120. The number of benzene rings is 1. The van der Waals surface area contributed by atoms with Crippen LogP contribution in [0.3, 0.4) is 0 Å². The van der Waals surface area contributed by atoms with Crippen LogP contribution in [0.5, 0.6) is 0 Å². The smallest absolute Gasteiger partial charge is 0.255 e. The van der Waals surface area contributed by atoms with Gasteiger partial charge in [-0.3, -0.25) is 9.59 Å². The predicted molar refractivity (Wildman–Crippen MR) is 119 cm³/mol. The normalized spacial score (nSPS) is 18.8. The minimum absolute atomic E-state index is 0.0336. The van der Waals surface area contributed by atoms with Gasteiger partial charge in [0.2, 0.25) is 0 Å². The van der Waals surface area contributed by atoms with Crippen LogP contribution in [0.1, 0.15) is 43.2 Å². The van der Waals surface area contributed by atoms with Crippen molar-refractivity contribution in [1.82, 2.24) is 10.3 Å². The molecular formula is C23H21Cl2N3O2. The van der Waals surface area contributed by atoms with E-state index in [0.717, 1.165) is 24.1 Å². The Morgan fingerprint density at radius 2 is 1.97 bits per heavy atom. The number of dihydropyridines is 1. The van der Waals surface area contributed by atoms with Crippen molar-refractivity contribution in [2.75, 3.05) is 5.32 Å². The van der Waals surface area contributed by atoms with Crippen molar-refractivity contribution in [1.29, 1.82) is 0 Å². The summed E-state index contributed by atoms with van der Waals surface area (Å²) in [4.78, 5) is 30.5. The van der Waals surface area contributed by atoms with E-state index < -0.39 is 5.92 Å². The van der Waals surface area contributed by atoms with Gasteiger partial charge in [0, 0.05) is 51.1 Å². The minimum atomic E-state index is -0.566. The van der Waals surface area contributed by atoms with Crippen molar-refractivity contribution in [3.05, 3.63) is 80.2 Å². The molecule has 1 aromatic carbocycles. The van der Waals surface area contributed by atoms with Crippen LogP contribution in [0.2, 0.25) is 10.0 Å². The summed E-state index contributed by atoms with van der Waals surface area (Å²) in [7, 11) is 0. The molecule has 154 valence electrons. The third kappa shape index (κ3) is 3.87. The first-order chi connectivity index (χ1) is 14.3. The highest BCUT2D eigenvalue weighted by Crippen LogP contribution is 2.44. The quantitative estimate of drug-likeness (QED) is 0.677. The number of ketones is 1. The van der Waals surface area contributed by atoms with Gasteiger partial charge in [-0.15, -0.1) is 0 Å². The summed E-state index contributed by atoms with van der Waals surface area (Å²) in [6.45, 7) is 3.77. The van der Waals surface area contributed by atoms with E-state index in [1.54, 1.807) is 30.5 Å². The number of carbonyl (C=O) groups excluding carboxylic acids is 2. The van der Waals surface area contributed by atoms with E-state index in [4.69, 9.17) is 23.2 Å². The van der Waals surface area contributed by atoms with Crippen LogP contribution in [0.25, 0.3) is 0 Å². The van der Waals surface area contributed by atoms with Gasteiger partial charge in [0.05, 0.1) is 0 Å². The third-order valence-electron chi connectivity index (χ3n) is 5.45. The zero-order chi connectivity index (χ0) is 21.4. The second-order valence-electron chi connectivity index (χ2n) is 7.60. The van der Waals surface area contributed by atoms with Gasteiger partial charge in [-0.25, -0.2) is 4.98 Å². The van der Waals surface area contributed by atoms with Gasteiger partial charge in [0.25, 0.3) is 5.91 Å². The zero-order valence-corrected chi connectivity index (χ0v) is 18.2. The molecule has 0 spiro atoms. The molecule has 2 aromatic rings. The molecule has 4 rings (SSSR count). The number of nitrogens with zero attached hydrogens (tertiary/aromatic N) is 1. The minimum Gasteiger partial charge on any atom is -0.362 e. The van der Waals surface area contributed by atoms with Crippen molar-refractivity contribution < 1.29 is 9.59 Å². The molecule has 1 amide bonds. The first kappa shape index (κ1) is 20.6. The molecule has 1 aliphatic heterocycles. The molecule has 1 atom stereocenters. The number of allylic oxidation sites excluding steroid dienone is 3. The van der Waals surface area contributed by atoms with Crippen molar-refractivity contribution >= 4 is 40.7 Å². The number of carbonyl (C=O) groups is 2. The number of hydrogen-bond acceptors (Lipinski definition) is 4. The molecule has 30 heavy (non-hydrogen) atoms. The number of halogens is 2. The van der Waals surface area contributed by atoms with E-state index in [1.807, 2.05) is 19.9 Å². The monoisotopic (exact) mass is 441 g/mol. The highest BCUT2D eigenvalue weighted by molar-refractivity contribution is 6.35. The fourth-order valence-corrected chi connectivity index (χ4v) is 4.64. The molecule has 5 nitrogen and oxygen atoms in total. The molecule has 0 fully saturated rings. The number of hydrogen-bond donors (Lipinski definition) is 2. The van der Waals surface area contributed by atoms with E-state index in [1.165, 1.54) is 0 Å². The predicted octanol–water partition coefficient (Wildman–Crippen LogP) is 5.30. The van der Waals surface area contributed by atoms with Gasteiger partial charge in [0.15, 0.2) is 5.78 Å². The lowest BCUT2D eigenvalue weighted by molar-refractivity contribution is -0.116. The summed E-state index contributed by atoms with van der Waals surface area (Å²) in [5, 5.41) is 7.09. The molecule has 7 heteroatoms. The van der Waals surface area contributed by atoms with Gasteiger partial charge < -0.3 is 10.6 Å². The number of Topliss-reactive ketones (excluding diaryl/α,β-unsaturated/α-hetero) is 1. The Balaban J connectivity index is 1.82. The van der Waals surface area contributed by atoms with Crippen molar-refractivity contribution in [3.8, 4) is 0 Å². The number of aromatic nitrogens is 1.